The van der Waals surface area contributed by atoms with E-state index in [4.69, 9.17) is 0 Å². The monoisotopic (exact) mass is 181 g/mol. The molecule has 0 saturated carbocycles. The van der Waals surface area contributed by atoms with Crippen molar-refractivity contribution >= 4 is 17.6 Å². The Morgan fingerprint density at radius 1 is 1.42 bits per heavy atom. The number of fused-ring (bicyclic) bond motifs is 1. The fourth-order valence-corrected chi connectivity index (χ4v) is 2.43. The van der Waals surface area contributed by atoms with Gasteiger partial charge in [-0.05, 0) is 13.0 Å². The van der Waals surface area contributed by atoms with Gasteiger partial charge in [0.15, 0.2) is 5.69 Å². The zero-order valence-electron chi connectivity index (χ0n) is 7.37. The third-order valence-electron chi connectivity index (χ3n) is 2.39. The first-order chi connectivity index (χ1) is 5.76. The minimum atomic E-state index is 0.834. The normalized spacial score (nSPS) is 27.2. The van der Waals surface area contributed by atoms with Crippen molar-refractivity contribution in [3.05, 3.63) is 24.3 Å². The summed E-state index contributed by atoms with van der Waals surface area (Å²) in [6.07, 6.45) is 0. The van der Waals surface area contributed by atoms with Crippen LogP contribution in [0.4, 0.5) is 5.69 Å². The molecule has 1 N–H and O–H groups in total. The second-order valence-corrected chi connectivity index (χ2v) is 4.00. The van der Waals surface area contributed by atoms with Crippen molar-refractivity contribution in [3.8, 4) is 0 Å². The van der Waals surface area contributed by atoms with E-state index in [1.165, 1.54) is 10.6 Å². The van der Waals surface area contributed by atoms with Gasteiger partial charge in [-0.1, -0.05) is 17.0 Å². The summed E-state index contributed by atoms with van der Waals surface area (Å²) in [5.41, 5.74) is 1.38. The van der Waals surface area contributed by atoms with Gasteiger partial charge in [0.25, 0.3) is 0 Å². The molecule has 12 heavy (non-hydrogen) atoms. The molecule has 2 rings (SSSR count). The number of para-hydroxylation sites is 1. The lowest BCUT2D eigenvalue weighted by atomic mass is 10.3. The number of benzene rings is 1. The Morgan fingerprint density at radius 2 is 2.17 bits per heavy atom. The van der Waals surface area contributed by atoms with Crippen LogP contribution in [0, 0.1) is 0 Å². The topological polar surface area (TPSA) is 12.0 Å². The first kappa shape index (κ1) is 8.10. The molecule has 1 heterocycles. The molecule has 3 heteroatoms. The van der Waals surface area contributed by atoms with Crippen LogP contribution in [0.5, 0.6) is 0 Å². The van der Waals surface area contributed by atoms with Crippen LogP contribution < -0.4 is 9.42 Å². The number of nitrogens with zero attached hydrogens (tertiary/aromatic N) is 1. The van der Waals surface area contributed by atoms with Gasteiger partial charge >= 0.3 is 0 Å². The smallest absolute Gasteiger partial charge is 0.167 e. The van der Waals surface area contributed by atoms with Gasteiger partial charge in [0.1, 0.15) is 0 Å². The lowest BCUT2D eigenvalue weighted by molar-refractivity contribution is 0.329. The van der Waals surface area contributed by atoms with Crippen molar-refractivity contribution in [2.45, 2.75) is 11.8 Å². The number of hydrogen-bond donors (Lipinski definition) is 1. The van der Waals surface area contributed by atoms with E-state index in [9.17, 15) is 0 Å². The number of nitrogens with one attached hydrogen (secondary N) is 1. The Bertz CT molecular complexity index is 300. The summed E-state index contributed by atoms with van der Waals surface area (Å²) in [4.78, 5) is 4.75. The van der Waals surface area contributed by atoms with Crippen LogP contribution >= 0.6 is 11.9 Å². The van der Waals surface area contributed by atoms with E-state index < -0.39 is 0 Å². The molecular weight excluding hydrogens is 168 g/mol. The maximum absolute atomic E-state index is 3.40. The lowest BCUT2D eigenvalue weighted by Gasteiger charge is -2.25. The molecule has 1 aromatic carbocycles. The predicted octanol–water partition coefficient (Wildman–Crippen LogP) is 2.17. The Hall–Kier alpha value is -0.510. The summed E-state index contributed by atoms with van der Waals surface area (Å²) in [6.45, 7) is 3.26. The molecule has 0 spiro atoms. The highest BCUT2D eigenvalue weighted by Gasteiger charge is 2.33. The first-order valence-corrected chi connectivity index (χ1v) is 4.97. The molecule has 0 aromatic heterocycles. The summed E-state index contributed by atoms with van der Waals surface area (Å²) in [5.74, 6) is 0. The summed E-state index contributed by atoms with van der Waals surface area (Å²) in [5, 5.41) is 0. The molecular formula is C9H13N2S+. The second kappa shape index (κ2) is 2.76. The molecule has 1 aliphatic heterocycles. The fraction of sp³-hybridized carbons (Fsp3) is 0.333. The Kier molecular flexibility index (Phi) is 1.87. The summed E-state index contributed by atoms with van der Waals surface area (Å²) in [6, 6.07) is 8.52. The fourth-order valence-electron chi connectivity index (χ4n) is 1.39. The van der Waals surface area contributed by atoms with E-state index in [2.05, 4.69) is 43.1 Å². The third-order valence-corrected chi connectivity index (χ3v) is 3.45. The molecule has 64 valence electrons. The van der Waals surface area contributed by atoms with Crippen LogP contribution in [0.2, 0.25) is 0 Å². The quantitative estimate of drug-likeness (QED) is 0.526. The zero-order valence-corrected chi connectivity index (χ0v) is 8.19. The number of rotatable bonds is 1. The standard InChI is InChI=1S/C9H13N2S/c1-3-11(2)8-6-4-5-7-9(8)12-10-11/h4-7,10H,3H2,1-2H3/q+1. The van der Waals surface area contributed by atoms with Crippen LogP contribution in [-0.2, 0) is 0 Å². The van der Waals surface area contributed by atoms with E-state index in [0.29, 0.717) is 0 Å². The van der Waals surface area contributed by atoms with Gasteiger partial charge in [0.05, 0.1) is 18.5 Å². The molecule has 0 radical (unpaired) electrons. The SMILES string of the molecule is CC[N+]1(C)NSc2ccccc21. The molecule has 0 aliphatic carbocycles. The average Bonchev–Trinajstić information content (AvgIpc) is 2.46. The highest BCUT2D eigenvalue weighted by molar-refractivity contribution is 7.97. The minimum absolute atomic E-state index is 0.834. The largest absolute Gasteiger partial charge is 0.206 e. The van der Waals surface area contributed by atoms with Gasteiger partial charge in [-0.15, -0.1) is 0 Å². The van der Waals surface area contributed by atoms with Crippen molar-refractivity contribution in [3.63, 3.8) is 0 Å². The molecule has 0 amide bonds. The van der Waals surface area contributed by atoms with Gasteiger partial charge in [-0.25, -0.2) is 4.59 Å². The zero-order chi connectivity index (χ0) is 8.60. The summed E-state index contributed by atoms with van der Waals surface area (Å²) >= 11 is 1.72. The highest BCUT2D eigenvalue weighted by Crippen LogP contribution is 2.37. The second-order valence-electron chi connectivity index (χ2n) is 3.17. The molecule has 1 aromatic rings. The van der Waals surface area contributed by atoms with E-state index in [0.717, 1.165) is 11.1 Å². The van der Waals surface area contributed by atoms with Crippen LogP contribution in [0.1, 0.15) is 6.92 Å². The summed E-state index contributed by atoms with van der Waals surface area (Å²) < 4.78 is 0.834. The molecule has 1 aliphatic rings. The highest BCUT2D eigenvalue weighted by atomic mass is 32.2. The molecule has 0 fully saturated rings. The van der Waals surface area contributed by atoms with Crippen molar-refractivity contribution in [1.29, 1.82) is 0 Å². The average molecular weight is 181 g/mol. The van der Waals surface area contributed by atoms with Gasteiger partial charge < -0.3 is 0 Å². The van der Waals surface area contributed by atoms with Gasteiger partial charge in [0.2, 0.25) is 0 Å². The third kappa shape index (κ3) is 1.05. The van der Waals surface area contributed by atoms with Crippen LogP contribution in [0.15, 0.2) is 29.2 Å². The van der Waals surface area contributed by atoms with Crippen molar-refractivity contribution in [2.75, 3.05) is 13.6 Å². The number of quaternary nitrogens is 1. The Labute approximate surface area is 77.3 Å². The predicted molar refractivity (Wildman–Crippen MR) is 53.7 cm³/mol. The van der Waals surface area contributed by atoms with E-state index in [-0.39, 0.29) is 0 Å². The maximum Gasteiger partial charge on any atom is 0.167 e. The maximum atomic E-state index is 3.40. The van der Waals surface area contributed by atoms with Gasteiger partial charge in [-0.2, -0.15) is 0 Å². The molecule has 0 saturated heterocycles. The molecule has 2 nitrogen and oxygen atoms in total. The van der Waals surface area contributed by atoms with Crippen molar-refractivity contribution in [1.82, 2.24) is 9.42 Å². The molecule has 1 unspecified atom stereocenters. The lowest BCUT2D eigenvalue weighted by Crippen LogP contribution is -2.50. The Morgan fingerprint density at radius 3 is 2.92 bits per heavy atom. The first-order valence-electron chi connectivity index (χ1n) is 4.15. The van der Waals surface area contributed by atoms with E-state index >= 15 is 0 Å². The van der Waals surface area contributed by atoms with Crippen molar-refractivity contribution in [2.24, 2.45) is 0 Å². The molecule has 0 bridgehead atoms. The molecule has 1 atom stereocenters. The number of hydrogen-bond acceptors (Lipinski definition) is 2. The Balaban J connectivity index is 2.49. The van der Waals surface area contributed by atoms with E-state index in [1.807, 2.05) is 0 Å². The van der Waals surface area contributed by atoms with Crippen LogP contribution in [0.3, 0.4) is 0 Å². The van der Waals surface area contributed by atoms with Crippen LogP contribution in [0.25, 0.3) is 0 Å². The minimum Gasteiger partial charge on any atom is -0.206 e. The van der Waals surface area contributed by atoms with Gasteiger partial charge in [0, 0.05) is 18.0 Å². The van der Waals surface area contributed by atoms with Crippen LogP contribution in [-0.4, -0.2) is 13.6 Å². The summed E-state index contributed by atoms with van der Waals surface area (Å²) in [7, 11) is 2.19. The van der Waals surface area contributed by atoms with Gasteiger partial charge in [-0.3, -0.25) is 0 Å². The van der Waals surface area contributed by atoms with Crippen molar-refractivity contribution < 1.29 is 0 Å². The van der Waals surface area contributed by atoms with E-state index in [1.54, 1.807) is 11.9 Å².